The molecule has 1 aromatic rings. The molecule has 1 heterocycles. The Labute approximate surface area is 131 Å². The lowest BCUT2D eigenvalue weighted by molar-refractivity contribution is 0.229. The van der Waals surface area contributed by atoms with E-state index in [9.17, 15) is 9.36 Å². The van der Waals surface area contributed by atoms with Crippen LogP contribution >= 0.6 is 7.60 Å². The SMILES string of the molecule is CCOP(=O)(OCC)c1[nH]c2c(=O)c3ccccc3c=2oc1N. The lowest BCUT2D eigenvalue weighted by Crippen LogP contribution is -2.20. The fourth-order valence-electron chi connectivity index (χ4n) is 2.52. The van der Waals surface area contributed by atoms with Crippen LogP contribution in [0.4, 0.5) is 5.88 Å². The molecule has 1 aliphatic heterocycles. The normalized spacial score (nSPS) is 12.3. The molecule has 3 N–H and O–H groups in total. The Balaban J connectivity index is 2.37. The molecule has 0 aromatic heterocycles. The molecular weight excluding hydrogens is 319 g/mol. The minimum Gasteiger partial charge on any atom is -0.436 e. The summed E-state index contributed by atoms with van der Waals surface area (Å²) >= 11 is 0. The Morgan fingerprint density at radius 2 is 1.78 bits per heavy atom. The molecular formula is C15H17N2O5P. The van der Waals surface area contributed by atoms with Gasteiger partial charge in [0.05, 0.1) is 13.2 Å². The second kappa shape index (κ2) is 5.85. The van der Waals surface area contributed by atoms with Crippen LogP contribution in [0.2, 0.25) is 0 Å². The van der Waals surface area contributed by atoms with Crippen molar-refractivity contribution in [1.82, 2.24) is 4.98 Å². The van der Waals surface area contributed by atoms with Crippen LogP contribution in [0.3, 0.4) is 0 Å². The standard InChI is InChI=1S/C15H17N2O5P/c1-3-20-23(19,21-4-2)15-14(16)22-13-10-8-6-5-7-9(10)12(18)11(13)17-15/h5-8,17H,3-4,16H2,1-2H3. The van der Waals surface area contributed by atoms with Gasteiger partial charge in [-0.25, -0.2) is 0 Å². The third kappa shape index (κ3) is 2.47. The first-order chi connectivity index (χ1) is 11.0. The van der Waals surface area contributed by atoms with E-state index in [-0.39, 0.29) is 35.3 Å². The molecule has 1 aromatic carbocycles. The Kier molecular flexibility index (Phi) is 4.02. The molecule has 1 aliphatic carbocycles. The van der Waals surface area contributed by atoms with E-state index >= 15 is 0 Å². The lowest BCUT2D eigenvalue weighted by Gasteiger charge is -2.17. The Hall–Kier alpha value is -2.08. The second-order valence-electron chi connectivity index (χ2n) is 4.85. The Morgan fingerprint density at radius 1 is 1.17 bits per heavy atom. The van der Waals surface area contributed by atoms with E-state index in [1.54, 1.807) is 38.1 Å². The number of hydrogen-bond acceptors (Lipinski definition) is 6. The van der Waals surface area contributed by atoms with Crippen molar-refractivity contribution in [3.63, 3.8) is 0 Å². The average Bonchev–Trinajstić information content (AvgIpc) is 2.80. The van der Waals surface area contributed by atoms with Gasteiger partial charge >= 0.3 is 7.60 Å². The fraction of sp³-hybridized carbons (Fsp3) is 0.267. The van der Waals surface area contributed by atoms with Crippen molar-refractivity contribution in [2.24, 2.45) is 0 Å². The first-order valence-corrected chi connectivity index (χ1v) is 8.78. The zero-order valence-corrected chi connectivity index (χ0v) is 13.7. The largest absolute Gasteiger partial charge is 0.436 e. The average molecular weight is 336 g/mol. The van der Waals surface area contributed by atoms with Crippen LogP contribution in [0.25, 0.3) is 10.8 Å². The predicted molar refractivity (Wildman–Crippen MR) is 87.0 cm³/mol. The minimum absolute atomic E-state index is 0.0406. The molecule has 0 unspecified atom stereocenters. The fourth-order valence-corrected chi connectivity index (χ4v) is 4.10. The van der Waals surface area contributed by atoms with Gasteiger partial charge in [-0.05, 0) is 13.8 Å². The molecule has 0 saturated heterocycles. The van der Waals surface area contributed by atoms with Crippen LogP contribution in [0.15, 0.2) is 33.5 Å². The van der Waals surface area contributed by atoms with E-state index in [1.807, 2.05) is 0 Å². The summed E-state index contributed by atoms with van der Waals surface area (Å²) < 4.78 is 29.0. The molecule has 2 aliphatic rings. The number of nitrogens with one attached hydrogen (secondary N) is 1. The van der Waals surface area contributed by atoms with Gasteiger partial charge in [0.2, 0.25) is 11.3 Å². The highest BCUT2D eigenvalue weighted by Gasteiger charge is 2.32. The van der Waals surface area contributed by atoms with Crippen molar-refractivity contribution >= 4 is 29.7 Å². The summed E-state index contributed by atoms with van der Waals surface area (Å²) in [6.45, 7) is 3.70. The number of nitrogen functional groups attached to an aromatic ring is 1. The van der Waals surface area contributed by atoms with Crippen molar-refractivity contribution in [2.45, 2.75) is 13.8 Å². The number of benzene rings is 1. The zero-order valence-electron chi connectivity index (χ0n) is 12.8. The number of rotatable bonds is 5. The van der Waals surface area contributed by atoms with Gasteiger partial charge in [-0.2, -0.15) is 0 Å². The van der Waals surface area contributed by atoms with E-state index in [1.165, 1.54) is 0 Å². The maximum atomic E-state index is 12.9. The van der Waals surface area contributed by atoms with E-state index < -0.39 is 7.60 Å². The van der Waals surface area contributed by atoms with Crippen LogP contribution in [-0.2, 0) is 13.6 Å². The minimum atomic E-state index is -3.69. The Bertz CT molecular complexity index is 1010. The van der Waals surface area contributed by atoms with Crippen LogP contribution in [0.5, 0.6) is 0 Å². The van der Waals surface area contributed by atoms with Gasteiger partial charge in [0, 0.05) is 10.8 Å². The highest BCUT2D eigenvalue weighted by Crippen LogP contribution is 2.47. The maximum Gasteiger partial charge on any atom is 0.382 e. The molecule has 8 heteroatoms. The van der Waals surface area contributed by atoms with Crippen molar-refractivity contribution in [3.8, 4) is 0 Å². The summed E-state index contributed by atoms with van der Waals surface area (Å²) in [6, 6.07) is 7.02. The van der Waals surface area contributed by atoms with E-state index in [0.29, 0.717) is 16.2 Å². The quantitative estimate of drug-likeness (QED) is 0.692. The topological polar surface area (TPSA) is 108 Å². The molecule has 0 radical (unpaired) electrons. The highest BCUT2D eigenvalue weighted by molar-refractivity contribution is 7.62. The molecule has 122 valence electrons. The van der Waals surface area contributed by atoms with Gasteiger partial charge in [0.15, 0.2) is 10.9 Å². The van der Waals surface area contributed by atoms with Gasteiger partial charge in [0.1, 0.15) is 5.35 Å². The number of H-pyrrole nitrogens is 1. The first kappa shape index (κ1) is 15.8. The first-order valence-electron chi connectivity index (χ1n) is 7.24. The van der Waals surface area contributed by atoms with E-state index in [4.69, 9.17) is 19.2 Å². The van der Waals surface area contributed by atoms with Gasteiger partial charge in [-0.15, -0.1) is 0 Å². The van der Waals surface area contributed by atoms with Crippen LogP contribution < -0.4 is 16.6 Å². The molecule has 7 nitrogen and oxygen atoms in total. The number of aromatic nitrogens is 1. The number of aromatic amines is 1. The molecule has 0 amide bonds. The molecule has 0 saturated carbocycles. The van der Waals surface area contributed by atoms with Gasteiger partial charge in [0.25, 0.3) is 0 Å². The van der Waals surface area contributed by atoms with Crippen molar-refractivity contribution in [1.29, 1.82) is 0 Å². The monoisotopic (exact) mass is 336 g/mol. The number of hydrogen-bond donors (Lipinski definition) is 2. The third-order valence-electron chi connectivity index (χ3n) is 3.43. The summed E-state index contributed by atoms with van der Waals surface area (Å²) in [5, 5.41) is 1.33. The molecule has 0 fully saturated rings. The van der Waals surface area contributed by atoms with Crippen LogP contribution in [0.1, 0.15) is 13.8 Å². The van der Waals surface area contributed by atoms with Gasteiger partial charge in [-0.3, -0.25) is 9.36 Å². The second-order valence-corrected chi connectivity index (χ2v) is 6.81. The zero-order chi connectivity index (χ0) is 16.6. The smallest absolute Gasteiger partial charge is 0.382 e. The van der Waals surface area contributed by atoms with Crippen molar-refractivity contribution in [2.75, 3.05) is 18.9 Å². The Morgan fingerprint density at radius 3 is 2.39 bits per heavy atom. The van der Waals surface area contributed by atoms with Gasteiger partial charge in [-0.1, -0.05) is 24.3 Å². The summed E-state index contributed by atoms with van der Waals surface area (Å²) in [7, 11) is -3.69. The summed E-state index contributed by atoms with van der Waals surface area (Å²) in [4.78, 5) is 15.3. The van der Waals surface area contributed by atoms with Gasteiger partial charge < -0.3 is 24.2 Å². The highest BCUT2D eigenvalue weighted by atomic mass is 31.2. The third-order valence-corrected chi connectivity index (χ3v) is 5.51. The van der Waals surface area contributed by atoms with Crippen molar-refractivity contribution < 1.29 is 18.0 Å². The molecule has 0 bridgehead atoms. The molecule has 3 rings (SSSR count). The summed E-state index contributed by atoms with van der Waals surface area (Å²) in [5.41, 5.74) is 5.94. The summed E-state index contributed by atoms with van der Waals surface area (Å²) in [5.74, 6) is -0.126. The summed E-state index contributed by atoms with van der Waals surface area (Å²) in [6.07, 6.45) is 0. The molecule has 23 heavy (non-hydrogen) atoms. The predicted octanol–water partition coefficient (Wildman–Crippen LogP) is 2.32. The molecule has 0 spiro atoms. The maximum absolute atomic E-state index is 12.9. The number of anilines is 1. The van der Waals surface area contributed by atoms with Crippen LogP contribution in [0, 0.1) is 10.8 Å². The van der Waals surface area contributed by atoms with Crippen molar-refractivity contribution in [3.05, 3.63) is 45.3 Å². The van der Waals surface area contributed by atoms with E-state index in [2.05, 4.69) is 4.98 Å². The lowest BCUT2D eigenvalue weighted by atomic mass is 10.2. The van der Waals surface area contributed by atoms with Crippen LogP contribution in [-0.4, -0.2) is 18.2 Å². The number of fused-ring (bicyclic) bond motifs is 2. The van der Waals surface area contributed by atoms with E-state index in [0.717, 1.165) is 0 Å². The number of nitrogens with two attached hydrogens (primary N) is 1. The molecule has 0 atom stereocenters.